The first-order chi connectivity index (χ1) is 8.65. The average Bonchev–Trinajstić information content (AvgIpc) is 2.73. The molecule has 0 unspecified atom stereocenters. The molecule has 5 heteroatoms. The molecule has 0 aliphatic carbocycles. The lowest BCUT2D eigenvalue weighted by Gasteiger charge is -2.05. The number of halogens is 1. The number of nitrogens with zero attached hydrogens (tertiary/aromatic N) is 1. The highest BCUT2D eigenvalue weighted by atomic mass is 32.1. The van der Waals surface area contributed by atoms with Gasteiger partial charge in [-0.25, -0.2) is 9.37 Å². The highest BCUT2D eigenvalue weighted by molar-refractivity contribution is 7.09. The van der Waals surface area contributed by atoms with Crippen LogP contribution in [0.25, 0.3) is 0 Å². The molecule has 2 rings (SSSR count). The lowest BCUT2D eigenvalue weighted by Crippen LogP contribution is -2.17. The maximum atomic E-state index is 13.5. The van der Waals surface area contributed by atoms with Gasteiger partial charge in [-0.1, -0.05) is 6.07 Å². The molecule has 3 N–H and O–H groups in total. The monoisotopic (exact) mass is 265 g/mol. The van der Waals surface area contributed by atoms with Gasteiger partial charge < -0.3 is 11.1 Å². The number of aryl methyl sites for hydroxylation is 1. The van der Waals surface area contributed by atoms with Crippen LogP contribution in [0.5, 0.6) is 0 Å². The molecule has 18 heavy (non-hydrogen) atoms. The van der Waals surface area contributed by atoms with Crippen LogP contribution in [0.3, 0.4) is 0 Å². The second-order valence-corrected chi connectivity index (χ2v) is 5.10. The second-order valence-electron chi connectivity index (χ2n) is 4.16. The minimum Gasteiger partial charge on any atom is -0.399 e. The fraction of sp³-hybridized carbons (Fsp3) is 0.308. The number of nitrogens with two attached hydrogens (primary N) is 1. The largest absolute Gasteiger partial charge is 0.399 e. The van der Waals surface area contributed by atoms with Crippen LogP contribution < -0.4 is 11.1 Å². The molecule has 2 aromatic rings. The summed E-state index contributed by atoms with van der Waals surface area (Å²) in [6.45, 7) is 3.28. The zero-order chi connectivity index (χ0) is 13.0. The highest BCUT2D eigenvalue weighted by Crippen LogP contribution is 2.12. The van der Waals surface area contributed by atoms with Crippen molar-refractivity contribution in [3.8, 4) is 0 Å². The molecule has 0 saturated carbocycles. The van der Waals surface area contributed by atoms with Gasteiger partial charge in [0, 0.05) is 41.8 Å². The lowest BCUT2D eigenvalue weighted by atomic mass is 10.2. The van der Waals surface area contributed by atoms with Crippen LogP contribution in [-0.4, -0.2) is 11.5 Å². The molecule has 1 heterocycles. The average molecular weight is 265 g/mol. The quantitative estimate of drug-likeness (QED) is 0.645. The Balaban J connectivity index is 1.78. The van der Waals surface area contributed by atoms with Crippen molar-refractivity contribution >= 4 is 17.0 Å². The molecule has 0 fully saturated rings. The SMILES string of the molecule is Cc1csc(CCNCc2ccc(N)cc2F)n1. The number of rotatable bonds is 5. The normalized spacial score (nSPS) is 10.8. The molecule has 0 saturated heterocycles. The maximum absolute atomic E-state index is 13.5. The number of benzene rings is 1. The molecule has 0 amide bonds. The second kappa shape index (κ2) is 5.93. The number of hydrogen-bond acceptors (Lipinski definition) is 4. The van der Waals surface area contributed by atoms with Crippen LogP contribution in [0.4, 0.5) is 10.1 Å². The third kappa shape index (κ3) is 3.51. The highest BCUT2D eigenvalue weighted by Gasteiger charge is 2.02. The van der Waals surface area contributed by atoms with E-state index in [1.54, 1.807) is 23.5 Å². The summed E-state index contributed by atoms with van der Waals surface area (Å²) < 4.78 is 13.5. The van der Waals surface area contributed by atoms with E-state index in [0.29, 0.717) is 17.8 Å². The van der Waals surface area contributed by atoms with Gasteiger partial charge in [-0.2, -0.15) is 0 Å². The summed E-state index contributed by atoms with van der Waals surface area (Å²) in [7, 11) is 0. The zero-order valence-electron chi connectivity index (χ0n) is 10.2. The predicted octanol–water partition coefficient (Wildman–Crippen LogP) is 2.51. The Morgan fingerprint density at radius 3 is 2.94 bits per heavy atom. The molecule has 1 aromatic carbocycles. The number of nitrogens with one attached hydrogen (secondary N) is 1. The van der Waals surface area contributed by atoms with E-state index >= 15 is 0 Å². The minimum absolute atomic E-state index is 0.257. The van der Waals surface area contributed by atoms with E-state index in [0.717, 1.165) is 23.7 Å². The summed E-state index contributed by atoms with van der Waals surface area (Å²) in [5, 5.41) is 6.35. The topological polar surface area (TPSA) is 50.9 Å². The van der Waals surface area contributed by atoms with Crippen LogP contribution in [0.2, 0.25) is 0 Å². The molecule has 0 bridgehead atoms. The predicted molar refractivity (Wildman–Crippen MR) is 73.1 cm³/mol. The summed E-state index contributed by atoms with van der Waals surface area (Å²) >= 11 is 1.66. The fourth-order valence-electron chi connectivity index (χ4n) is 1.64. The van der Waals surface area contributed by atoms with Gasteiger partial charge in [-0.3, -0.25) is 0 Å². The van der Waals surface area contributed by atoms with Gasteiger partial charge in [0.2, 0.25) is 0 Å². The molecule has 0 spiro atoms. The maximum Gasteiger partial charge on any atom is 0.129 e. The van der Waals surface area contributed by atoms with E-state index in [1.807, 2.05) is 12.3 Å². The Bertz CT molecular complexity index is 525. The summed E-state index contributed by atoms with van der Waals surface area (Å²) in [5.74, 6) is -0.257. The summed E-state index contributed by atoms with van der Waals surface area (Å²) in [6, 6.07) is 4.77. The van der Waals surface area contributed by atoms with E-state index in [4.69, 9.17) is 5.73 Å². The first kappa shape index (κ1) is 13.0. The van der Waals surface area contributed by atoms with Crippen molar-refractivity contribution in [2.75, 3.05) is 12.3 Å². The number of aromatic nitrogens is 1. The van der Waals surface area contributed by atoms with Gasteiger partial charge in [0.1, 0.15) is 5.82 Å². The Labute approximate surface area is 110 Å². The van der Waals surface area contributed by atoms with E-state index in [1.165, 1.54) is 6.07 Å². The number of hydrogen-bond donors (Lipinski definition) is 2. The molecule has 1 aromatic heterocycles. The van der Waals surface area contributed by atoms with Crippen molar-refractivity contribution in [2.24, 2.45) is 0 Å². The smallest absolute Gasteiger partial charge is 0.129 e. The zero-order valence-corrected chi connectivity index (χ0v) is 11.1. The van der Waals surface area contributed by atoms with Crippen LogP contribution >= 0.6 is 11.3 Å². The van der Waals surface area contributed by atoms with Gasteiger partial charge in [0.25, 0.3) is 0 Å². The van der Waals surface area contributed by atoms with E-state index < -0.39 is 0 Å². The summed E-state index contributed by atoms with van der Waals surface area (Å²) in [6.07, 6.45) is 0.870. The van der Waals surface area contributed by atoms with Crippen molar-refractivity contribution in [2.45, 2.75) is 19.9 Å². The van der Waals surface area contributed by atoms with Crippen LogP contribution in [-0.2, 0) is 13.0 Å². The van der Waals surface area contributed by atoms with Gasteiger partial charge in [-0.15, -0.1) is 11.3 Å². The number of thiazole rings is 1. The van der Waals surface area contributed by atoms with Gasteiger partial charge in [0.15, 0.2) is 0 Å². The van der Waals surface area contributed by atoms with E-state index in [-0.39, 0.29) is 5.82 Å². The number of nitrogen functional groups attached to an aromatic ring is 1. The Morgan fingerprint density at radius 2 is 2.28 bits per heavy atom. The van der Waals surface area contributed by atoms with Crippen molar-refractivity contribution < 1.29 is 4.39 Å². The molecule has 0 radical (unpaired) electrons. The third-order valence-corrected chi connectivity index (χ3v) is 3.60. The Hall–Kier alpha value is -1.46. The molecule has 0 atom stereocenters. The van der Waals surface area contributed by atoms with Gasteiger partial charge >= 0.3 is 0 Å². The van der Waals surface area contributed by atoms with Crippen molar-refractivity contribution in [3.05, 3.63) is 45.7 Å². The number of anilines is 1. The van der Waals surface area contributed by atoms with Crippen LogP contribution in [0.15, 0.2) is 23.6 Å². The molecule has 0 aliphatic rings. The Morgan fingerprint density at radius 1 is 1.44 bits per heavy atom. The molecular weight excluding hydrogens is 249 g/mol. The van der Waals surface area contributed by atoms with Crippen molar-refractivity contribution in [3.63, 3.8) is 0 Å². The molecular formula is C13H16FN3S. The van der Waals surface area contributed by atoms with Crippen molar-refractivity contribution in [1.82, 2.24) is 10.3 Å². The van der Waals surface area contributed by atoms with Crippen LogP contribution in [0, 0.1) is 12.7 Å². The first-order valence-electron chi connectivity index (χ1n) is 5.81. The molecule has 0 aliphatic heterocycles. The van der Waals surface area contributed by atoms with E-state index in [2.05, 4.69) is 10.3 Å². The van der Waals surface area contributed by atoms with Gasteiger partial charge in [-0.05, 0) is 19.1 Å². The Kier molecular flexibility index (Phi) is 4.28. The van der Waals surface area contributed by atoms with E-state index in [9.17, 15) is 4.39 Å². The van der Waals surface area contributed by atoms with Crippen molar-refractivity contribution in [1.29, 1.82) is 0 Å². The van der Waals surface area contributed by atoms with Gasteiger partial charge in [0.05, 0.1) is 5.01 Å². The lowest BCUT2D eigenvalue weighted by molar-refractivity contribution is 0.589. The summed E-state index contributed by atoms with van der Waals surface area (Å²) in [5.41, 5.74) is 7.64. The first-order valence-corrected chi connectivity index (χ1v) is 6.69. The fourth-order valence-corrected chi connectivity index (χ4v) is 2.42. The van der Waals surface area contributed by atoms with Crippen LogP contribution in [0.1, 0.15) is 16.3 Å². The third-order valence-electron chi connectivity index (χ3n) is 2.57. The molecule has 96 valence electrons. The minimum atomic E-state index is -0.257. The molecule has 3 nitrogen and oxygen atoms in total. The standard InChI is InChI=1S/C13H16FN3S/c1-9-8-18-13(17-9)4-5-16-7-10-2-3-11(15)6-12(10)14/h2-3,6,8,16H,4-5,7,15H2,1H3. The summed E-state index contributed by atoms with van der Waals surface area (Å²) in [4.78, 5) is 4.37.